The molecule has 4 nitrogen and oxygen atoms in total. The molecule has 2 N–H and O–H groups in total. The zero-order valence-electron chi connectivity index (χ0n) is 17.2. The Morgan fingerprint density at radius 1 is 1.33 bits per heavy atom. The number of phenolic OH excluding ortho intramolecular Hbond substituents is 1. The molecule has 1 unspecified atom stereocenters. The Morgan fingerprint density at radius 2 is 2.17 bits per heavy atom. The Labute approximate surface area is 187 Å². The van der Waals surface area contributed by atoms with E-state index < -0.39 is 7.12 Å². The van der Waals surface area contributed by atoms with Crippen molar-refractivity contribution in [3.05, 3.63) is 82.1 Å². The van der Waals surface area contributed by atoms with E-state index in [0.717, 1.165) is 45.3 Å². The van der Waals surface area contributed by atoms with E-state index in [4.69, 9.17) is 4.65 Å². The van der Waals surface area contributed by atoms with Crippen LogP contribution >= 0.6 is 15.9 Å². The smallest absolute Gasteiger partial charge is 0.458 e. The van der Waals surface area contributed by atoms with Gasteiger partial charge in [0.2, 0.25) is 0 Å². The molecular formula is C24H27BBrNO3. The van der Waals surface area contributed by atoms with Crippen molar-refractivity contribution in [2.75, 3.05) is 0 Å². The van der Waals surface area contributed by atoms with Gasteiger partial charge in [-0.15, -0.1) is 0 Å². The number of halogens is 1. The van der Waals surface area contributed by atoms with Crippen LogP contribution in [0.2, 0.25) is 6.32 Å². The highest BCUT2D eigenvalue weighted by molar-refractivity contribution is 9.10. The molecule has 6 heteroatoms. The maximum Gasteiger partial charge on any atom is 0.458 e. The standard InChI is InChI=1S/C24H27BBrNO3/c1-3-6-17(2)21-12-13-25(29)30-24(21)11-8-18(22-7-4-5-14-27-22)15-19-16-20(26)9-10-23(19)28/h4-5,7,9-10,12,14-16,24,28-29H,2-3,6,8,11,13H2,1H3/b18-15-. The van der Waals surface area contributed by atoms with Crippen LogP contribution in [0, 0.1) is 0 Å². The van der Waals surface area contributed by atoms with Gasteiger partial charge in [-0.05, 0) is 72.4 Å². The fourth-order valence-electron chi connectivity index (χ4n) is 3.66. The Hall–Kier alpha value is -2.15. The predicted molar refractivity (Wildman–Crippen MR) is 127 cm³/mol. The van der Waals surface area contributed by atoms with Crippen molar-refractivity contribution < 1.29 is 14.8 Å². The van der Waals surface area contributed by atoms with E-state index in [1.165, 1.54) is 0 Å². The van der Waals surface area contributed by atoms with Crippen molar-refractivity contribution in [1.29, 1.82) is 0 Å². The Morgan fingerprint density at radius 3 is 2.90 bits per heavy atom. The van der Waals surface area contributed by atoms with Gasteiger partial charge in [0.15, 0.2) is 0 Å². The van der Waals surface area contributed by atoms with Crippen LogP contribution in [0.25, 0.3) is 11.6 Å². The third-order valence-corrected chi connectivity index (χ3v) is 5.65. The molecule has 30 heavy (non-hydrogen) atoms. The molecule has 1 aliphatic rings. The minimum atomic E-state index is -0.787. The largest absolute Gasteiger partial charge is 0.507 e. The highest BCUT2D eigenvalue weighted by atomic mass is 79.9. The minimum absolute atomic E-state index is 0.212. The van der Waals surface area contributed by atoms with Crippen LogP contribution in [-0.2, 0) is 4.65 Å². The second kappa shape index (κ2) is 10.8. The zero-order chi connectivity index (χ0) is 21.5. The summed E-state index contributed by atoms with van der Waals surface area (Å²) in [5.74, 6) is 0.216. The highest BCUT2D eigenvalue weighted by Crippen LogP contribution is 2.33. The second-order valence-corrected chi connectivity index (χ2v) is 8.37. The molecule has 2 aromatic rings. The molecule has 2 heterocycles. The van der Waals surface area contributed by atoms with Crippen LogP contribution < -0.4 is 0 Å². The summed E-state index contributed by atoms with van der Waals surface area (Å²) in [4.78, 5) is 4.51. The molecule has 0 fully saturated rings. The zero-order valence-corrected chi connectivity index (χ0v) is 18.8. The van der Waals surface area contributed by atoms with Crippen LogP contribution in [0.1, 0.15) is 43.9 Å². The molecule has 1 aliphatic heterocycles. The fourth-order valence-corrected chi connectivity index (χ4v) is 4.04. The number of hydrogen-bond donors (Lipinski definition) is 2. The lowest BCUT2D eigenvalue weighted by atomic mass is 9.77. The van der Waals surface area contributed by atoms with Crippen molar-refractivity contribution in [2.24, 2.45) is 0 Å². The average molecular weight is 468 g/mol. The van der Waals surface area contributed by atoms with Gasteiger partial charge in [0, 0.05) is 22.6 Å². The topological polar surface area (TPSA) is 62.6 Å². The fraction of sp³-hybridized carbons (Fsp3) is 0.292. The van der Waals surface area contributed by atoms with E-state index in [9.17, 15) is 10.1 Å². The third-order valence-electron chi connectivity index (χ3n) is 5.16. The molecule has 0 bridgehead atoms. The molecule has 1 aromatic carbocycles. The number of nitrogens with zero attached hydrogens (tertiary/aromatic N) is 1. The van der Waals surface area contributed by atoms with E-state index >= 15 is 0 Å². The van der Waals surface area contributed by atoms with E-state index in [2.05, 4.69) is 40.5 Å². The first kappa shape index (κ1) is 22.5. The SMILES string of the molecule is C=C(CCC)C1=CCB(O)OC1CC/C(=C/c1cc(Br)ccc1O)c1ccccn1. The van der Waals surface area contributed by atoms with Crippen molar-refractivity contribution in [2.45, 2.75) is 45.0 Å². The number of benzene rings is 1. The minimum Gasteiger partial charge on any atom is -0.507 e. The number of aromatic nitrogens is 1. The van der Waals surface area contributed by atoms with E-state index in [-0.39, 0.29) is 11.9 Å². The normalized spacial score (nSPS) is 17.0. The van der Waals surface area contributed by atoms with Crippen molar-refractivity contribution in [1.82, 2.24) is 4.98 Å². The van der Waals surface area contributed by atoms with Crippen LogP contribution in [0.4, 0.5) is 0 Å². The highest BCUT2D eigenvalue weighted by Gasteiger charge is 2.28. The summed E-state index contributed by atoms with van der Waals surface area (Å²) in [6, 6.07) is 11.2. The van der Waals surface area contributed by atoms with Gasteiger partial charge in [0.25, 0.3) is 0 Å². The molecule has 1 atom stereocenters. The molecule has 0 spiro atoms. The maximum atomic E-state index is 10.3. The van der Waals surface area contributed by atoms with Gasteiger partial charge in [-0.1, -0.05) is 48.0 Å². The molecule has 1 aromatic heterocycles. The van der Waals surface area contributed by atoms with Gasteiger partial charge in [0.1, 0.15) is 5.75 Å². The van der Waals surface area contributed by atoms with E-state index in [1.54, 1.807) is 18.3 Å². The summed E-state index contributed by atoms with van der Waals surface area (Å²) >= 11 is 3.47. The van der Waals surface area contributed by atoms with Gasteiger partial charge in [0.05, 0.1) is 11.8 Å². The van der Waals surface area contributed by atoms with Crippen LogP contribution in [0.3, 0.4) is 0 Å². The van der Waals surface area contributed by atoms with Gasteiger partial charge < -0.3 is 14.8 Å². The van der Waals surface area contributed by atoms with Gasteiger partial charge in [-0.2, -0.15) is 0 Å². The Kier molecular flexibility index (Phi) is 8.08. The van der Waals surface area contributed by atoms with Crippen molar-refractivity contribution in [3.63, 3.8) is 0 Å². The van der Waals surface area contributed by atoms with Crippen molar-refractivity contribution >= 4 is 34.7 Å². The summed E-state index contributed by atoms with van der Waals surface area (Å²) in [5, 5.41) is 20.3. The molecule has 0 aliphatic carbocycles. The number of hydrogen-bond acceptors (Lipinski definition) is 4. The Bertz CT molecular complexity index is 943. The maximum absolute atomic E-state index is 10.3. The van der Waals surface area contributed by atoms with Crippen molar-refractivity contribution in [3.8, 4) is 5.75 Å². The van der Waals surface area contributed by atoms with Crippen LogP contribution in [0.5, 0.6) is 5.75 Å². The van der Waals surface area contributed by atoms with E-state index in [1.807, 2.05) is 30.3 Å². The van der Waals surface area contributed by atoms with Crippen LogP contribution in [0.15, 0.2) is 70.9 Å². The molecule has 3 rings (SSSR count). The lowest BCUT2D eigenvalue weighted by Crippen LogP contribution is -2.31. The van der Waals surface area contributed by atoms with Crippen LogP contribution in [-0.4, -0.2) is 28.3 Å². The number of pyridine rings is 1. The summed E-state index contributed by atoms with van der Waals surface area (Å²) in [5.41, 5.74) is 4.73. The first-order valence-electron chi connectivity index (χ1n) is 10.3. The predicted octanol–water partition coefficient (Wildman–Crippen LogP) is 6.03. The average Bonchev–Trinajstić information content (AvgIpc) is 2.74. The molecular weight excluding hydrogens is 441 g/mol. The molecule has 156 valence electrons. The number of rotatable bonds is 8. The second-order valence-electron chi connectivity index (χ2n) is 7.45. The molecule has 0 radical (unpaired) electrons. The lowest BCUT2D eigenvalue weighted by molar-refractivity contribution is 0.184. The summed E-state index contributed by atoms with van der Waals surface area (Å²) in [6.45, 7) is 6.35. The monoisotopic (exact) mass is 467 g/mol. The quantitative estimate of drug-likeness (QED) is 0.465. The Balaban J connectivity index is 1.87. The van der Waals surface area contributed by atoms with E-state index in [0.29, 0.717) is 19.2 Å². The molecule has 0 amide bonds. The lowest BCUT2D eigenvalue weighted by Gasteiger charge is -2.28. The van der Waals surface area contributed by atoms with Gasteiger partial charge >= 0.3 is 7.12 Å². The summed E-state index contributed by atoms with van der Waals surface area (Å²) in [7, 11) is -0.787. The molecule has 0 saturated carbocycles. The first-order valence-corrected chi connectivity index (χ1v) is 11.1. The summed E-state index contributed by atoms with van der Waals surface area (Å²) in [6.07, 6.45) is 9.36. The van der Waals surface area contributed by atoms with Gasteiger partial charge in [-0.3, -0.25) is 4.98 Å². The number of allylic oxidation sites excluding steroid dienone is 2. The number of phenols is 1. The van der Waals surface area contributed by atoms with Gasteiger partial charge in [-0.25, -0.2) is 0 Å². The third kappa shape index (κ3) is 5.94. The first-order chi connectivity index (χ1) is 14.5. The molecule has 0 saturated heterocycles. The number of aromatic hydroxyl groups is 1. The summed E-state index contributed by atoms with van der Waals surface area (Å²) < 4.78 is 6.76.